The lowest BCUT2D eigenvalue weighted by Gasteiger charge is -2.39. The number of benzene rings is 9. The monoisotopic (exact) mass is 786 g/mol. The van der Waals surface area contributed by atoms with Crippen LogP contribution in [0.3, 0.4) is 0 Å². The first kappa shape index (κ1) is 37.1. The average Bonchev–Trinajstić information content (AvgIpc) is 3.55. The third kappa shape index (κ3) is 6.18. The molecule has 0 bridgehead atoms. The summed E-state index contributed by atoms with van der Waals surface area (Å²) in [4.78, 5) is 4.93. The molecular weight excluding hydrogens is 741 g/mol. The highest BCUT2D eigenvalue weighted by atomic mass is 28.3. The van der Waals surface area contributed by atoms with E-state index in [1.54, 1.807) is 0 Å². The van der Waals surface area contributed by atoms with E-state index in [4.69, 9.17) is 0 Å². The van der Waals surface area contributed by atoms with Crippen LogP contribution in [0, 0.1) is 0 Å². The topological polar surface area (TPSA) is 6.48 Å². The van der Waals surface area contributed by atoms with Gasteiger partial charge < -0.3 is 9.80 Å². The summed E-state index contributed by atoms with van der Waals surface area (Å²) in [6.07, 6.45) is 0. The summed E-state index contributed by atoms with van der Waals surface area (Å²) in [6.45, 7) is 4.72. The molecule has 0 unspecified atom stereocenters. The molecule has 10 rings (SSSR count). The van der Waals surface area contributed by atoms with E-state index < -0.39 is 8.07 Å². The lowest BCUT2D eigenvalue weighted by atomic mass is 9.82. The van der Waals surface area contributed by atoms with Gasteiger partial charge in [-0.05, 0) is 98.1 Å². The van der Waals surface area contributed by atoms with Gasteiger partial charge in [0.15, 0.2) is 8.07 Å². The van der Waals surface area contributed by atoms with Crippen molar-refractivity contribution in [3.05, 3.63) is 254 Å². The van der Waals surface area contributed by atoms with Gasteiger partial charge in [-0.15, -0.1) is 0 Å². The van der Waals surface area contributed by atoms with Crippen LogP contribution >= 0.6 is 0 Å². The Hall–Kier alpha value is -7.20. The maximum atomic E-state index is 2.50. The van der Waals surface area contributed by atoms with E-state index in [0.717, 1.165) is 22.7 Å². The van der Waals surface area contributed by atoms with Crippen molar-refractivity contribution in [3.8, 4) is 11.1 Å². The van der Waals surface area contributed by atoms with Crippen molar-refractivity contribution in [2.75, 3.05) is 9.80 Å². The van der Waals surface area contributed by atoms with Gasteiger partial charge in [-0.2, -0.15) is 0 Å². The summed E-state index contributed by atoms with van der Waals surface area (Å²) in [5, 5.41) is 5.27. The number of hydrogen-bond acceptors (Lipinski definition) is 2. The fourth-order valence-corrected chi connectivity index (χ4v) is 14.7. The van der Waals surface area contributed by atoms with Gasteiger partial charge in [-0.25, -0.2) is 0 Å². The minimum absolute atomic E-state index is 0.123. The quantitative estimate of drug-likeness (QED) is 0.101. The predicted molar refractivity (Wildman–Crippen MR) is 257 cm³/mol. The smallest absolute Gasteiger partial charge is 0.181 e. The number of rotatable bonds is 10. The number of fused-ring (bicyclic) bond motifs is 3. The van der Waals surface area contributed by atoms with Gasteiger partial charge in [0.25, 0.3) is 0 Å². The minimum Gasteiger partial charge on any atom is -0.311 e. The summed E-state index contributed by atoms with van der Waals surface area (Å²) in [5.74, 6) is 0. The van der Waals surface area contributed by atoms with Crippen LogP contribution in [0.5, 0.6) is 0 Å². The molecule has 0 radical (unpaired) electrons. The highest BCUT2D eigenvalue weighted by Gasteiger charge is 2.44. The lowest BCUT2D eigenvalue weighted by molar-refractivity contribution is 0.660. The second-order valence-corrected chi connectivity index (χ2v) is 19.9. The fraction of sp³-hybridized carbons (Fsp3) is 0.0526. The Bertz CT molecular complexity index is 2810. The molecule has 0 spiro atoms. The Kier molecular flexibility index (Phi) is 9.59. The fourth-order valence-electron chi connectivity index (χ4n) is 9.71. The third-order valence-corrected chi connectivity index (χ3v) is 17.2. The van der Waals surface area contributed by atoms with Crippen LogP contribution < -0.4 is 30.5 Å². The molecule has 0 fully saturated rings. The predicted octanol–water partition coefficient (Wildman–Crippen LogP) is 12.3. The first-order valence-electron chi connectivity index (χ1n) is 20.9. The van der Waals surface area contributed by atoms with Gasteiger partial charge >= 0.3 is 0 Å². The van der Waals surface area contributed by atoms with Crippen molar-refractivity contribution in [2.24, 2.45) is 0 Å². The van der Waals surface area contributed by atoms with Crippen LogP contribution in [0.2, 0.25) is 0 Å². The Morgan fingerprint density at radius 2 is 0.733 bits per heavy atom. The van der Waals surface area contributed by atoms with Crippen LogP contribution in [0.4, 0.5) is 34.1 Å². The van der Waals surface area contributed by atoms with Gasteiger partial charge in [-0.1, -0.05) is 196 Å². The highest BCUT2D eigenvalue weighted by Crippen LogP contribution is 2.54. The SMILES string of the molecule is CC1(C)c2ccccc2-c2c(N(c3ccccc3)c3cccc([Si](c4ccccc4)(c4ccccc4)c4ccccc4N(c4ccccc4)c4ccccc4)c3)cccc21. The number of nitrogens with zero attached hydrogens (tertiary/aromatic N) is 2. The number of hydrogen-bond donors (Lipinski definition) is 0. The van der Waals surface area contributed by atoms with Crippen LogP contribution in [0.15, 0.2) is 243 Å². The van der Waals surface area contributed by atoms with Crippen LogP contribution in [0.25, 0.3) is 11.1 Å². The first-order valence-corrected chi connectivity index (χ1v) is 22.9. The van der Waals surface area contributed by atoms with Crippen molar-refractivity contribution in [1.82, 2.24) is 0 Å². The molecule has 3 heteroatoms. The van der Waals surface area contributed by atoms with E-state index in [1.165, 1.54) is 54.4 Å². The van der Waals surface area contributed by atoms with Crippen LogP contribution in [0.1, 0.15) is 25.0 Å². The van der Waals surface area contributed by atoms with Gasteiger partial charge in [-0.3, -0.25) is 0 Å². The molecule has 9 aromatic rings. The van der Waals surface area contributed by atoms with Crippen molar-refractivity contribution in [1.29, 1.82) is 0 Å². The molecule has 1 aliphatic carbocycles. The minimum atomic E-state index is -3.12. The molecule has 1 aliphatic rings. The summed E-state index contributed by atoms with van der Waals surface area (Å²) in [5.41, 5.74) is 12.0. The maximum Gasteiger partial charge on any atom is 0.181 e. The summed E-state index contributed by atoms with van der Waals surface area (Å²) in [6, 6.07) is 89.5. The van der Waals surface area contributed by atoms with Crippen molar-refractivity contribution in [2.45, 2.75) is 19.3 Å². The number of para-hydroxylation sites is 4. The molecule has 288 valence electrons. The Morgan fingerprint density at radius 1 is 0.333 bits per heavy atom. The zero-order chi connectivity index (χ0) is 40.5. The number of anilines is 6. The van der Waals surface area contributed by atoms with Gasteiger partial charge in [0.2, 0.25) is 0 Å². The molecule has 0 aliphatic heterocycles. The van der Waals surface area contributed by atoms with Crippen LogP contribution in [-0.4, -0.2) is 8.07 Å². The molecule has 0 heterocycles. The van der Waals surface area contributed by atoms with E-state index in [2.05, 4.69) is 266 Å². The van der Waals surface area contributed by atoms with Gasteiger partial charge in [0.05, 0.1) is 5.69 Å². The van der Waals surface area contributed by atoms with E-state index in [9.17, 15) is 0 Å². The summed E-state index contributed by atoms with van der Waals surface area (Å²) < 4.78 is 0. The van der Waals surface area contributed by atoms with Gasteiger partial charge in [0.1, 0.15) is 0 Å². The van der Waals surface area contributed by atoms with E-state index in [-0.39, 0.29) is 5.41 Å². The summed E-state index contributed by atoms with van der Waals surface area (Å²) >= 11 is 0. The van der Waals surface area contributed by atoms with E-state index >= 15 is 0 Å². The van der Waals surface area contributed by atoms with E-state index in [1.807, 2.05) is 0 Å². The zero-order valence-electron chi connectivity index (χ0n) is 34.0. The normalized spacial score (nSPS) is 12.6. The van der Waals surface area contributed by atoms with Crippen LogP contribution in [-0.2, 0) is 5.41 Å². The van der Waals surface area contributed by atoms with Gasteiger partial charge in [0, 0.05) is 39.4 Å². The molecule has 0 aromatic heterocycles. The van der Waals surface area contributed by atoms with Crippen molar-refractivity contribution >= 4 is 62.9 Å². The molecule has 2 nitrogen and oxygen atoms in total. The second-order valence-electron chi connectivity index (χ2n) is 16.1. The zero-order valence-corrected chi connectivity index (χ0v) is 35.0. The highest BCUT2D eigenvalue weighted by molar-refractivity contribution is 7.20. The third-order valence-electron chi connectivity index (χ3n) is 12.4. The van der Waals surface area contributed by atoms with Crippen molar-refractivity contribution in [3.63, 3.8) is 0 Å². The molecule has 9 aromatic carbocycles. The standard InChI is InChI=1S/C57H46N2Si/c1-57(2)51-37-19-18-36-50(51)56-52(57)38-23-40-54(56)59(45-28-12-5-13-29-45)46-30-22-35-49(42-46)60(47-31-14-6-15-32-47,48-33-16-7-17-34-48)55-41-21-20-39-53(55)58(43-24-8-3-9-25-43)44-26-10-4-11-27-44/h3-42H,1-2H3. The molecule has 0 N–H and O–H groups in total. The molecular formula is C57H46N2Si. The molecule has 60 heavy (non-hydrogen) atoms. The Labute approximate surface area is 355 Å². The largest absolute Gasteiger partial charge is 0.311 e. The Morgan fingerprint density at radius 3 is 1.32 bits per heavy atom. The summed E-state index contributed by atoms with van der Waals surface area (Å²) in [7, 11) is -3.12. The molecule has 0 saturated carbocycles. The van der Waals surface area contributed by atoms with E-state index in [0.29, 0.717) is 0 Å². The van der Waals surface area contributed by atoms with Crippen molar-refractivity contribution < 1.29 is 0 Å². The molecule has 0 saturated heterocycles. The molecule has 0 amide bonds. The first-order chi connectivity index (χ1) is 29.6. The Balaban J connectivity index is 1.28. The molecule has 0 atom stereocenters. The maximum absolute atomic E-state index is 3.12. The lowest BCUT2D eigenvalue weighted by Crippen LogP contribution is -2.75. The average molecular weight is 787 g/mol. The second kappa shape index (κ2) is 15.5.